The minimum absolute atomic E-state index is 0.0433. The van der Waals surface area contributed by atoms with E-state index in [1.165, 1.54) is 0 Å². The van der Waals surface area contributed by atoms with Gasteiger partial charge in [0.1, 0.15) is 5.75 Å². The average Bonchev–Trinajstić information content (AvgIpc) is 3.47. The Bertz CT molecular complexity index is 1240. The number of nitrogens with two attached hydrogens (primary N) is 1. The van der Waals surface area contributed by atoms with Crippen LogP contribution in [0, 0.1) is 0 Å². The minimum Gasteiger partial charge on any atom is -0.497 e. The number of aromatic nitrogens is 1. The zero-order valence-corrected chi connectivity index (χ0v) is 18.6. The van der Waals surface area contributed by atoms with E-state index in [1.807, 2.05) is 55.7 Å². The van der Waals surface area contributed by atoms with E-state index < -0.39 is 5.79 Å². The molecule has 1 saturated heterocycles. The molecular formula is C25H27N3O4. The van der Waals surface area contributed by atoms with Crippen LogP contribution in [0.4, 0.5) is 5.69 Å². The predicted octanol–water partition coefficient (Wildman–Crippen LogP) is 3.25. The van der Waals surface area contributed by atoms with Gasteiger partial charge in [0.25, 0.3) is 5.91 Å². The fourth-order valence-electron chi connectivity index (χ4n) is 4.73. The zero-order chi connectivity index (χ0) is 22.5. The number of methoxy groups -OCH3 is 1. The average molecular weight is 434 g/mol. The highest BCUT2D eigenvalue weighted by molar-refractivity contribution is 6.36. The summed E-state index contributed by atoms with van der Waals surface area (Å²) in [5, 5.41) is 1.03. The van der Waals surface area contributed by atoms with Crippen LogP contribution in [0.15, 0.2) is 42.6 Å². The van der Waals surface area contributed by atoms with E-state index in [0.717, 1.165) is 39.0 Å². The van der Waals surface area contributed by atoms with Crippen LogP contribution >= 0.6 is 0 Å². The van der Waals surface area contributed by atoms with Crippen LogP contribution in [0.1, 0.15) is 23.1 Å². The molecule has 5 rings (SSSR count). The quantitative estimate of drug-likeness (QED) is 0.625. The summed E-state index contributed by atoms with van der Waals surface area (Å²) in [5.41, 5.74) is 11.1. The summed E-state index contributed by atoms with van der Waals surface area (Å²) in [6, 6.07) is 11.9. The smallest absolute Gasteiger partial charge is 0.258 e. The van der Waals surface area contributed by atoms with Crippen molar-refractivity contribution in [1.29, 1.82) is 0 Å². The van der Waals surface area contributed by atoms with Crippen LogP contribution < -0.4 is 15.4 Å². The lowest BCUT2D eigenvalue weighted by atomic mass is 9.96. The van der Waals surface area contributed by atoms with Crippen LogP contribution in [-0.4, -0.2) is 44.4 Å². The van der Waals surface area contributed by atoms with Gasteiger partial charge in [0, 0.05) is 59.9 Å². The number of amides is 1. The standard InChI is InChI=1S/C25H27N3O4/c1-27-15-16(19-14-18(30-3)5-7-22(19)27)12-21-20-13-17(4-6-23(20)28(2)24(21)29)25(8-9-26)31-10-11-32-25/h4-7,12-15H,8-11,26H2,1-3H3/b21-12-. The Morgan fingerprint density at radius 1 is 1.16 bits per heavy atom. The van der Waals surface area contributed by atoms with Gasteiger partial charge in [-0.2, -0.15) is 0 Å². The summed E-state index contributed by atoms with van der Waals surface area (Å²) >= 11 is 0. The van der Waals surface area contributed by atoms with E-state index >= 15 is 0 Å². The van der Waals surface area contributed by atoms with E-state index in [1.54, 1.807) is 19.1 Å². The van der Waals surface area contributed by atoms with Crippen molar-refractivity contribution in [1.82, 2.24) is 4.57 Å². The summed E-state index contributed by atoms with van der Waals surface area (Å²) in [6.45, 7) is 1.49. The highest BCUT2D eigenvalue weighted by atomic mass is 16.7. The molecule has 32 heavy (non-hydrogen) atoms. The van der Waals surface area contributed by atoms with Gasteiger partial charge < -0.3 is 29.4 Å². The molecule has 2 N–H and O–H groups in total. The molecule has 0 bridgehead atoms. The van der Waals surface area contributed by atoms with E-state index in [0.29, 0.717) is 31.8 Å². The number of aryl methyl sites for hydroxylation is 1. The number of carbonyl (C=O) groups is 1. The van der Waals surface area contributed by atoms with E-state index in [4.69, 9.17) is 19.9 Å². The number of hydrogen-bond acceptors (Lipinski definition) is 5. The van der Waals surface area contributed by atoms with E-state index in [2.05, 4.69) is 4.57 Å². The van der Waals surface area contributed by atoms with Gasteiger partial charge in [-0.3, -0.25) is 4.79 Å². The van der Waals surface area contributed by atoms with Crippen molar-refractivity contribution in [2.45, 2.75) is 12.2 Å². The maximum Gasteiger partial charge on any atom is 0.258 e. The second-order valence-corrected chi connectivity index (χ2v) is 8.22. The molecule has 0 aliphatic carbocycles. The van der Waals surface area contributed by atoms with Gasteiger partial charge in [-0.15, -0.1) is 0 Å². The van der Waals surface area contributed by atoms with Crippen LogP contribution in [-0.2, 0) is 27.1 Å². The largest absolute Gasteiger partial charge is 0.497 e. The molecule has 1 fully saturated rings. The number of ether oxygens (including phenoxy) is 3. The van der Waals surface area contributed by atoms with Crippen LogP contribution in [0.2, 0.25) is 0 Å². The summed E-state index contributed by atoms with van der Waals surface area (Å²) in [6.07, 6.45) is 4.55. The van der Waals surface area contributed by atoms with Crippen LogP contribution in [0.25, 0.3) is 22.6 Å². The van der Waals surface area contributed by atoms with Crippen molar-refractivity contribution in [2.24, 2.45) is 12.8 Å². The van der Waals surface area contributed by atoms with Gasteiger partial charge in [-0.25, -0.2) is 0 Å². The number of fused-ring (bicyclic) bond motifs is 2. The molecule has 166 valence electrons. The van der Waals surface area contributed by atoms with Crippen molar-refractivity contribution < 1.29 is 19.0 Å². The first-order valence-corrected chi connectivity index (χ1v) is 10.7. The lowest BCUT2D eigenvalue weighted by Crippen LogP contribution is -2.30. The third-order valence-electron chi connectivity index (χ3n) is 6.38. The number of hydrogen-bond donors (Lipinski definition) is 1. The Labute approximate surface area is 187 Å². The highest BCUT2D eigenvalue weighted by Crippen LogP contribution is 2.42. The summed E-state index contributed by atoms with van der Waals surface area (Å²) < 4.78 is 19.4. The predicted molar refractivity (Wildman–Crippen MR) is 124 cm³/mol. The second kappa shape index (κ2) is 7.78. The third-order valence-corrected chi connectivity index (χ3v) is 6.38. The molecule has 2 aliphatic heterocycles. The lowest BCUT2D eigenvalue weighted by molar-refractivity contribution is -0.168. The SMILES string of the molecule is COc1ccc2c(c1)c(/C=C1\C(=O)N(C)c3ccc(C4(CCN)OCCO4)cc31)cn2C. The van der Waals surface area contributed by atoms with Crippen molar-refractivity contribution in [2.75, 3.05) is 38.8 Å². The third kappa shape index (κ3) is 3.12. The topological polar surface area (TPSA) is 79.0 Å². The minimum atomic E-state index is -0.855. The Hall–Kier alpha value is -3.13. The summed E-state index contributed by atoms with van der Waals surface area (Å²) in [7, 11) is 5.45. The Balaban J connectivity index is 1.65. The molecule has 0 atom stereocenters. The first kappa shape index (κ1) is 20.8. The van der Waals surface area contributed by atoms with Crippen molar-refractivity contribution in [3.05, 3.63) is 59.3 Å². The maximum absolute atomic E-state index is 13.2. The van der Waals surface area contributed by atoms with Crippen molar-refractivity contribution >= 4 is 34.1 Å². The molecule has 0 radical (unpaired) electrons. The summed E-state index contributed by atoms with van der Waals surface area (Å²) in [4.78, 5) is 14.9. The van der Waals surface area contributed by atoms with Gasteiger partial charge in [0.05, 0.1) is 26.0 Å². The number of nitrogens with zero attached hydrogens (tertiary/aromatic N) is 2. The molecule has 0 unspecified atom stereocenters. The van der Waals surface area contributed by atoms with Gasteiger partial charge in [0.15, 0.2) is 5.79 Å². The zero-order valence-electron chi connectivity index (χ0n) is 18.6. The highest BCUT2D eigenvalue weighted by Gasteiger charge is 2.40. The molecule has 2 aromatic carbocycles. The number of carbonyl (C=O) groups excluding carboxylic acids is 1. The summed E-state index contributed by atoms with van der Waals surface area (Å²) in [5.74, 6) is -0.121. The molecule has 0 spiro atoms. The fourth-order valence-corrected chi connectivity index (χ4v) is 4.73. The molecule has 1 amide bonds. The van der Waals surface area contributed by atoms with E-state index in [-0.39, 0.29) is 5.91 Å². The van der Waals surface area contributed by atoms with E-state index in [9.17, 15) is 4.79 Å². The normalized spacial score (nSPS) is 18.7. The van der Waals surface area contributed by atoms with Crippen LogP contribution in [0.5, 0.6) is 5.75 Å². The monoisotopic (exact) mass is 433 g/mol. The molecule has 0 saturated carbocycles. The van der Waals surface area contributed by atoms with Gasteiger partial charge >= 0.3 is 0 Å². The van der Waals surface area contributed by atoms with Gasteiger partial charge in [0.2, 0.25) is 0 Å². The fraction of sp³-hybridized carbons (Fsp3) is 0.320. The second-order valence-electron chi connectivity index (χ2n) is 8.22. The number of rotatable bonds is 5. The molecule has 3 aromatic rings. The Morgan fingerprint density at radius 3 is 2.66 bits per heavy atom. The van der Waals surface area contributed by atoms with Crippen molar-refractivity contribution in [3.8, 4) is 5.75 Å². The number of likely N-dealkylation sites (N-methyl/N-ethyl adjacent to an activating group) is 1. The molecule has 1 aromatic heterocycles. The lowest BCUT2D eigenvalue weighted by Gasteiger charge is -2.28. The van der Waals surface area contributed by atoms with Crippen molar-refractivity contribution in [3.63, 3.8) is 0 Å². The first-order chi connectivity index (χ1) is 15.5. The Morgan fingerprint density at radius 2 is 1.94 bits per heavy atom. The first-order valence-electron chi connectivity index (χ1n) is 10.7. The Kier molecular flexibility index (Phi) is 5.04. The van der Waals surface area contributed by atoms with Gasteiger partial charge in [-0.1, -0.05) is 6.07 Å². The molecule has 2 aliphatic rings. The molecule has 7 heteroatoms. The molecule has 7 nitrogen and oxygen atoms in total. The number of anilines is 1. The number of benzene rings is 2. The van der Waals surface area contributed by atoms with Crippen LogP contribution in [0.3, 0.4) is 0 Å². The maximum atomic E-state index is 13.2. The van der Waals surface area contributed by atoms with Gasteiger partial charge in [-0.05, 0) is 43.0 Å². The molecule has 3 heterocycles. The molecular weight excluding hydrogens is 406 g/mol.